The Morgan fingerprint density at radius 3 is 2.73 bits per heavy atom. The molecule has 0 bridgehead atoms. The first-order valence-corrected chi connectivity index (χ1v) is 7.99. The van der Waals surface area contributed by atoms with Crippen LogP contribution in [-0.4, -0.2) is 34.2 Å². The highest BCUT2D eigenvalue weighted by molar-refractivity contribution is 5.14. The van der Waals surface area contributed by atoms with Crippen LogP contribution < -0.4 is 11.3 Å². The Kier molecular flexibility index (Phi) is 4.75. The number of aromatic amines is 2. The predicted molar refractivity (Wildman–Crippen MR) is 87.5 cm³/mol. The molecule has 0 unspecified atom stereocenters. The average molecular weight is 300 g/mol. The average Bonchev–Trinajstić information content (AvgIpc) is 3.07. The van der Waals surface area contributed by atoms with Crippen LogP contribution in [-0.2, 0) is 13.0 Å². The van der Waals surface area contributed by atoms with Gasteiger partial charge in [-0.25, -0.2) is 0 Å². The summed E-state index contributed by atoms with van der Waals surface area (Å²) in [4.78, 5) is 13.5. The fourth-order valence-electron chi connectivity index (χ4n) is 3.33. The van der Waals surface area contributed by atoms with E-state index >= 15 is 0 Å². The Bertz CT molecular complexity index is 633. The number of likely N-dealkylation sites (tertiary alicyclic amines) is 1. The van der Waals surface area contributed by atoms with Crippen LogP contribution in [0.15, 0.2) is 41.2 Å². The van der Waals surface area contributed by atoms with Crippen LogP contribution in [0.3, 0.4) is 0 Å². The highest BCUT2D eigenvalue weighted by atomic mass is 16.1. The highest BCUT2D eigenvalue weighted by Gasteiger charge is 2.29. The van der Waals surface area contributed by atoms with E-state index in [0.717, 1.165) is 44.6 Å². The first-order valence-electron chi connectivity index (χ1n) is 7.99. The molecule has 1 aromatic heterocycles. The molecule has 2 atom stereocenters. The zero-order valence-electron chi connectivity index (χ0n) is 12.8. The molecule has 2 heterocycles. The SMILES string of the molecule is N[C@H]1CN(Cc2ccccc2)C[C@H]1CCCc1cc(=O)[nH][nH]1. The maximum Gasteiger partial charge on any atom is 0.264 e. The number of aryl methyl sites for hydroxylation is 1. The quantitative estimate of drug-likeness (QED) is 0.756. The number of nitrogens with one attached hydrogen (secondary N) is 2. The summed E-state index contributed by atoms with van der Waals surface area (Å²) in [5.74, 6) is 0.550. The van der Waals surface area contributed by atoms with Crippen LogP contribution in [0.1, 0.15) is 24.1 Å². The van der Waals surface area contributed by atoms with Crippen molar-refractivity contribution in [1.29, 1.82) is 0 Å². The Labute approximate surface area is 130 Å². The lowest BCUT2D eigenvalue weighted by molar-refractivity contribution is 0.312. The lowest BCUT2D eigenvalue weighted by Crippen LogP contribution is -2.29. The van der Waals surface area contributed by atoms with Gasteiger partial charge in [-0.2, -0.15) is 0 Å². The van der Waals surface area contributed by atoms with Gasteiger partial charge < -0.3 is 10.8 Å². The lowest BCUT2D eigenvalue weighted by atomic mass is 9.97. The van der Waals surface area contributed by atoms with Gasteiger partial charge in [-0.15, -0.1) is 0 Å². The fourth-order valence-corrected chi connectivity index (χ4v) is 3.33. The van der Waals surface area contributed by atoms with E-state index in [9.17, 15) is 4.79 Å². The summed E-state index contributed by atoms with van der Waals surface area (Å²) < 4.78 is 0. The van der Waals surface area contributed by atoms with E-state index in [0.29, 0.717) is 5.92 Å². The molecule has 5 nitrogen and oxygen atoms in total. The Balaban J connectivity index is 1.45. The minimum atomic E-state index is -0.0541. The molecule has 1 aromatic carbocycles. The molecule has 0 saturated carbocycles. The maximum absolute atomic E-state index is 11.1. The first kappa shape index (κ1) is 15.1. The van der Waals surface area contributed by atoms with Crippen molar-refractivity contribution in [3.8, 4) is 0 Å². The molecule has 1 saturated heterocycles. The first-order chi connectivity index (χ1) is 10.7. The van der Waals surface area contributed by atoms with E-state index in [2.05, 4.69) is 39.4 Å². The number of nitrogens with two attached hydrogens (primary N) is 1. The molecule has 4 N–H and O–H groups in total. The summed E-state index contributed by atoms with van der Waals surface area (Å²) in [6.45, 7) is 3.02. The van der Waals surface area contributed by atoms with Crippen LogP contribution >= 0.6 is 0 Å². The van der Waals surface area contributed by atoms with Crippen molar-refractivity contribution in [2.45, 2.75) is 31.8 Å². The van der Waals surface area contributed by atoms with Crippen LogP contribution in [0.2, 0.25) is 0 Å². The summed E-state index contributed by atoms with van der Waals surface area (Å²) in [5, 5.41) is 5.48. The van der Waals surface area contributed by atoms with Crippen molar-refractivity contribution in [2.24, 2.45) is 11.7 Å². The summed E-state index contributed by atoms with van der Waals surface area (Å²) in [5.41, 5.74) is 8.58. The van der Waals surface area contributed by atoms with E-state index in [1.165, 1.54) is 5.56 Å². The number of hydrogen-bond donors (Lipinski definition) is 3. The summed E-state index contributed by atoms with van der Waals surface area (Å²) in [7, 11) is 0. The fraction of sp³-hybridized carbons (Fsp3) is 0.471. The maximum atomic E-state index is 11.1. The number of benzene rings is 1. The standard InChI is InChI=1S/C17H24N4O/c18-16-12-21(10-13-5-2-1-3-6-13)11-14(16)7-4-8-15-9-17(22)20-19-15/h1-3,5-6,9,14,16H,4,7-8,10-12,18H2,(H2,19,20,22)/t14-,16+/m1/s1. The summed E-state index contributed by atoms with van der Waals surface area (Å²) in [6, 6.07) is 12.4. The van der Waals surface area contributed by atoms with Gasteiger partial charge in [0.2, 0.25) is 0 Å². The van der Waals surface area contributed by atoms with Gasteiger partial charge in [-0.3, -0.25) is 14.8 Å². The molecule has 0 spiro atoms. The van der Waals surface area contributed by atoms with E-state index in [1.807, 2.05) is 6.07 Å². The molecule has 0 aliphatic carbocycles. The summed E-state index contributed by atoms with van der Waals surface area (Å²) in [6.07, 6.45) is 3.08. The third-order valence-corrected chi connectivity index (χ3v) is 4.49. The third-order valence-electron chi connectivity index (χ3n) is 4.49. The molecule has 1 aliphatic heterocycles. The Hall–Kier alpha value is -1.85. The number of rotatable bonds is 6. The molecule has 0 radical (unpaired) electrons. The Morgan fingerprint density at radius 2 is 2.00 bits per heavy atom. The molecular formula is C17H24N4O. The molecule has 22 heavy (non-hydrogen) atoms. The lowest BCUT2D eigenvalue weighted by Gasteiger charge is -2.15. The predicted octanol–water partition coefficient (Wildman–Crippen LogP) is 1.48. The van der Waals surface area contributed by atoms with Crippen LogP contribution in [0, 0.1) is 5.92 Å². The van der Waals surface area contributed by atoms with Crippen molar-refractivity contribution in [1.82, 2.24) is 15.1 Å². The second-order valence-corrected chi connectivity index (χ2v) is 6.28. The zero-order valence-corrected chi connectivity index (χ0v) is 12.8. The molecule has 1 fully saturated rings. The van der Waals surface area contributed by atoms with Gasteiger partial charge in [0.1, 0.15) is 0 Å². The molecular weight excluding hydrogens is 276 g/mol. The second-order valence-electron chi connectivity index (χ2n) is 6.28. The van der Waals surface area contributed by atoms with Crippen molar-refractivity contribution in [3.63, 3.8) is 0 Å². The normalized spacial score (nSPS) is 22.2. The second kappa shape index (κ2) is 6.94. The van der Waals surface area contributed by atoms with Crippen molar-refractivity contribution < 1.29 is 0 Å². The minimum Gasteiger partial charge on any atom is -0.326 e. The number of H-pyrrole nitrogens is 2. The monoisotopic (exact) mass is 300 g/mol. The molecule has 3 rings (SSSR count). The van der Waals surface area contributed by atoms with Gasteiger partial charge in [0.05, 0.1) is 0 Å². The topological polar surface area (TPSA) is 77.9 Å². The van der Waals surface area contributed by atoms with Crippen molar-refractivity contribution in [2.75, 3.05) is 13.1 Å². The number of aromatic nitrogens is 2. The molecule has 1 aliphatic rings. The van der Waals surface area contributed by atoms with E-state index in [4.69, 9.17) is 5.73 Å². The minimum absolute atomic E-state index is 0.0541. The van der Waals surface area contributed by atoms with E-state index in [1.54, 1.807) is 6.07 Å². The van der Waals surface area contributed by atoms with Crippen LogP contribution in [0.25, 0.3) is 0 Å². The van der Waals surface area contributed by atoms with Crippen LogP contribution in [0.4, 0.5) is 0 Å². The summed E-state index contributed by atoms with van der Waals surface area (Å²) >= 11 is 0. The zero-order chi connectivity index (χ0) is 15.4. The largest absolute Gasteiger partial charge is 0.326 e. The smallest absolute Gasteiger partial charge is 0.264 e. The highest BCUT2D eigenvalue weighted by Crippen LogP contribution is 2.22. The van der Waals surface area contributed by atoms with Gasteiger partial charge in [-0.1, -0.05) is 30.3 Å². The van der Waals surface area contributed by atoms with Crippen molar-refractivity contribution >= 4 is 0 Å². The number of nitrogens with zero attached hydrogens (tertiary/aromatic N) is 1. The van der Waals surface area contributed by atoms with Gasteiger partial charge >= 0.3 is 0 Å². The van der Waals surface area contributed by atoms with Gasteiger partial charge in [0.15, 0.2) is 0 Å². The number of hydrogen-bond acceptors (Lipinski definition) is 3. The molecule has 2 aromatic rings. The van der Waals surface area contributed by atoms with Gasteiger partial charge in [0, 0.05) is 37.4 Å². The van der Waals surface area contributed by atoms with E-state index in [-0.39, 0.29) is 11.6 Å². The van der Waals surface area contributed by atoms with Crippen molar-refractivity contribution in [3.05, 3.63) is 58.0 Å². The third kappa shape index (κ3) is 3.87. The van der Waals surface area contributed by atoms with Gasteiger partial charge in [-0.05, 0) is 30.7 Å². The van der Waals surface area contributed by atoms with Gasteiger partial charge in [0.25, 0.3) is 5.56 Å². The van der Waals surface area contributed by atoms with E-state index < -0.39 is 0 Å². The van der Waals surface area contributed by atoms with Crippen LogP contribution in [0.5, 0.6) is 0 Å². The molecule has 118 valence electrons. The molecule has 5 heteroatoms. The Morgan fingerprint density at radius 1 is 1.18 bits per heavy atom. The molecule has 0 amide bonds.